The molecule has 0 bridgehead atoms. The SMILES string of the molecule is O=c1c2sccc2nc(SCc2cccnc2)n1Cc1ccc2c(c1)OCO2. The molecule has 0 aliphatic carbocycles. The Morgan fingerprint density at radius 3 is 2.96 bits per heavy atom. The summed E-state index contributed by atoms with van der Waals surface area (Å²) in [6, 6.07) is 11.6. The van der Waals surface area contributed by atoms with Gasteiger partial charge in [-0.15, -0.1) is 11.3 Å². The highest BCUT2D eigenvalue weighted by molar-refractivity contribution is 7.98. The highest BCUT2D eigenvalue weighted by Crippen LogP contribution is 2.33. The van der Waals surface area contributed by atoms with E-state index in [2.05, 4.69) is 4.98 Å². The number of thiophene rings is 1. The van der Waals surface area contributed by atoms with Gasteiger partial charge in [0.05, 0.1) is 12.1 Å². The first kappa shape index (κ1) is 17.3. The van der Waals surface area contributed by atoms with E-state index in [4.69, 9.17) is 14.5 Å². The minimum absolute atomic E-state index is 0.0219. The van der Waals surface area contributed by atoms with Crippen molar-refractivity contribution in [2.24, 2.45) is 0 Å². The maximum atomic E-state index is 13.1. The van der Waals surface area contributed by atoms with Crippen molar-refractivity contribution in [3.8, 4) is 11.5 Å². The number of rotatable bonds is 5. The van der Waals surface area contributed by atoms with Crippen LogP contribution in [0.3, 0.4) is 0 Å². The van der Waals surface area contributed by atoms with E-state index in [0.29, 0.717) is 27.9 Å². The lowest BCUT2D eigenvalue weighted by Crippen LogP contribution is -2.23. The van der Waals surface area contributed by atoms with Crippen LogP contribution in [0.4, 0.5) is 0 Å². The summed E-state index contributed by atoms with van der Waals surface area (Å²) in [6.45, 7) is 0.652. The summed E-state index contributed by atoms with van der Waals surface area (Å²) in [6.07, 6.45) is 3.58. The Morgan fingerprint density at radius 2 is 2.07 bits per heavy atom. The van der Waals surface area contributed by atoms with Crippen LogP contribution in [0.1, 0.15) is 11.1 Å². The smallest absolute Gasteiger partial charge is 0.272 e. The Labute approximate surface area is 168 Å². The largest absolute Gasteiger partial charge is 0.454 e. The Bertz CT molecular complexity index is 1200. The van der Waals surface area contributed by atoms with Crippen molar-refractivity contribution in [3.63, 3.8) is 0 Å². The van der Waals surface area contributed by atoms with Gasteiger partial charge in [-0.2, -0.15) is 0 Å². The molecule has 1 aromatic carbocycles. The lowest BCUT2D eigenvalue weighted by Gasteiger charge is -2.12. The third-order valence-electron chi connectivity index (χ3n) is 4.40. The van der Waals surface area contributed by atoms with Crippen molar-refractivity contribution < 1.29 is 9.47 Å². The first-order valence-electron chi connectivity index (χ1n) is 8.66. The fourth-order valence-electron chi connectivity index (χ4n) is 3.03. The predicted octanol–water partition coefficient (Wildman–Crippen LogP) is 3.92. The van der Waals surface area contributed by atoms with Gasteiger partial charge in [0.15, 0.2) is 16.7 Å². The molecule has 3 aromatic heterocycles. The molecule has 6 nitrogen and oxygen atoms in total. The summed E-state index contributed by atoms with van der Waals surface area (Å²) >= 11 is 2.96. The van der Waals surface area contributed by atoms with Crippen LogP contribution in [-0.4, -0.2) is 21.3 Å². The van der Waals surface area contributed by atoms with Gasteiger partial charge in [0.1, 0.15) is 4.70 Å². The Balaban J connectivity index is 1.52. The number of ether oxygens (including phenoxy) is 2. The molecule has 1 aliphatic heterocycles. The van der Waals surface area contributed by atoms with Gasteiger partial charge in [-0.25, -0.2) is 4.98 Å². The monoisotopic (exact) mass is 409 g/mol. The van der Waals surface area contributed by atoms with Crippen molar-refractivity contribution in [2.75, 3.05) is 6.79 Å². The molecule has 4 heterocycles. The van der Waals surface area contributed by atoms with E-state index in [9.17, 15) is 4.79 Å². The minimum Gasteiger partial charge on any atom is -0.454 e. The van der Waals surface area contributed by atoms with Crippen LogP contribution >= 0.6 is 23.1 Å². The molecule has 0 amide bonds. The molecule has 0 fully saturated rings. The van der Waals surface area contributed by atoms with Crippen LogP contribution in [0.15, 0.2) is 64.1 Å². The van der Waals surface area contributed by atoms with Crippen LogP contribution in [0.2, 0.25) is 0 Å². The van der Waals surface area contributed by atoms with Gasteiger partial charge in [0.25, 0.3) is 5.56 Å². The topological polar surface area (TPSA) is 66.2 Å². The lowest BCUT2D eigenvalue weighted by atomic mass is 10.2. The van der Waals surface area contributed by atoms with Crippen LogP contribution < -0.4 is 15.0 Å². The second kappa shape index (κ2) is 7.29. The number of aromatic nitrogens is 3. The Morgan fingerprint density at radius 1 is 1.14 bits per heavy atom. The van der Waals surface area contributed by atoms with Gasteiger partial charge >= 0.3 is 0 Å². The maximum Gasteiger partial charge on any atom is 0.272 e. The second-order valence-electron chi connectivity index (χ2n) is 6.26. The Kier molecular flexibility index (Phi) is 4.50. The molecule has 28 heavy (non-hydrogen) atoms. The quantitative estimate of drug-likeness (QED) is 0.368. The molecule has 0 radical (unpaired) electrons. The van der Waals surface area contributed by atoms with Crippen LogP contribution in [-0.2, 0) is 12.3 Å². The van der Waals surface area contributed by atoms with E-state index in [-0.39, 0.29) is 12.4 Å². The molecule has 4 aromatic rings. The molecular formula is C20H15N3O3S2. The normalized spacial score (nSPS) is 12.6. The third kappa shape index (κ3) is 3.25. The number of pyridine rings is 1. The number of hydrogen-bond donors (Lipinski definition) is 0. The van der Waals surface area contributed by atoms with E-state index < -0.39 is 0 Å². The molecule has 0 spiro atoms. The number of thioether (sulfide) groups is 1. The van der Waals surface area contributed by atoms with Crippen molar-refractivity contribution in [1.29, 1.82) is 0 Å². The van der Waals surface area contributed by atoms with E-state index in [1.807, 2.05) is 48.0 Å². The number of hydrogen-bond acceptors (Lipinski definition) is 7. The predicted molar refractivity (Wildman–Crippen MR) is 109 cm³/mol. The van der Waals surface area contributed by atoms with Gasteiger partial charge in [0, 0.05) is 18.1 Å². The van der Waals surface area contributed by atoms with Gasteiger partial charge in [0.2, 0.25) is 6.79 Å². The average molecular weight is 409 g/mol. The first-order chi connectivity index (χ1) is 13.8. The molecule has 0 saturated carbocycles. The van der Waals surface area contributed by atoms with E-state index >= 15 is 0 Å². The van der Waals surface area contributed by atoms with Crippen LogP contribution in [0.5, 0.6) is 11.5 Å². The molecule has 0 saturated heterocycles. The van der Waals surface area contributed by atoms with Crippen molar-refractivity contribution >= 4 is 33.3 Å². The summed E-state index contributed by atoms with van der Waals surface area (Å²) in [5, 5.41) is 2.59. The van der Waals surface area contributed by atoms with Gasteiger partial charge < -0.3 is 9.47 Å². The fourth-order valence-corrected chi connectivity index (χ4v) is 4.74. The summed E-state index contributed by atoms with van der Waals surface area (Å²) in [5.41, 5.74) is 2.77. The van der Waals surface area contributed by atoms with Crippen LogP contribution in [0.25, 0.3) is 10.2 Å². The number of fused-ring (bicyclic) bond motifs is 2. The molecular weight excluding hydrogens is 394 g/mol. The van der Waals surface area contributed by atoms with Gasteiger partial charge in [-0.1, -0.05) is 23.9 Å². The summed E-state index contributed by atoms with van der Waals surface area (Å²) in [4.78, 5) is 22.0. The third-order valence-corrected chi connectivity index (χ3v) is 6.34. The lowest BCUT2D eigenvalue weighted by molar-refractivity contribution is 0.174. The summed E-state index contributed by atoms with van der Waals surface area (Å²) in [5.74, 6) is 2.13. The molecule has 8 heteroatoms. The summed E-state index contributed by atoms with van der Waals surface area (Å²) in [7, 11) is 0. The molecule has 0 unspecified atom stereocenters. The van der Waals surface area contributed by atoms with E-state index in [1.54, 1.807) is 10.8 Å². The molecule has 140 valence electrons. The van der Waals surface area contributed by atoms with Crippen molar-refractivity contribution in [1.82, 2.24) is 14.5 Å². The zero-order valence-corrected chi connectivity index (χ0v) is 16.3. The highest BCUT2D eigenvalue weighted by atomic mass is 32.2. The minimum atomic E-state index is -0.0219. The second-order valence-corrected chi connectivity index (χ2v) is 8.12. The first-order valence-corrected chi connectivity index (χ1v) is 10.5. The summed E-state index contributed by atoms with van der Waals surface area (Å²) < 4.78 is 13.2. The average Bonchev–Trinajstić information content (AvgIpc) is 3.38. The highest BCUT2D eigenvalue weighted by Gasteiger charge is 2.16. The molecule has 0 N–H and O–H groups in total. The van der Waals surface area contributed by atoms with E-state index in [1.165, 1.54) is 23.1 Å². The van der Waals surface area contributed by atoms with E-state index in [0.717, 1.165) is 22.4 Å². The van der Waals surface area contributed by atoms with Gasteiger partial charge in [-0.05, 0) is 40.8 Å². The fraction of sp³-hybridized carbons (Fsp3) is 0.150. The molecule has 1 aliphatic rings. The molecule has 5 rings (SSSR count). The zero-order valence-electron chi connectivity index (χ0n) is 14.7. The standard InChI is InChI=1S/C20H15N3O3S2/c24-19-18-15(5-7-27-18)22-20(28-11-14-2-1-6-21-9-14)23(19)10-13-3-4-16-17(8-13)26-12-25-16/h1-9H,10-12H2. The van der Waals surface area contributed by atoms with Gasteiger partial charge in [-0.3, -0.25) is 14.3 Å². The maximum absolute atomic E-state index is 13.1. The number of nitrogens with zero attached hydrogens (tertiary/aromatic N) is 3. The van der Waals surface area contributed by atoms with Crippen molar-refractivity contribution in [2.45, 2.75) is 17.5 Å². The molecule has 0 atom stereocenters. The van der Waals surface area contributed by atoms with Crippen LogP contribution in [0, 0.1) is 0 Å². The zero-order chi connectivity index (χ0) is 18.9. The number of benzene rings is 1. The Hall–Kier alpha value is -2.84. The van der Waals surface area contributed by atoms with Crippen molar-refractivity contribution in [3.05, 3.63) is 75.7 Å².